The minimum absolute atomic E-state index is 0.0314. The second-order valence-corrected chi connectivity index (χ2v) is 7.30. The zero-order valence-electron chi connectivity index (χ0n) is 17.9. The molecule has 1 heterocycles. The molecule has 162 valence electrons. The lowest BCUT2D eigenvalue weighted by molar-refractivity contribution is -0.136. The number of amides is 2. The topological polar surface area (TPSA) is 108 Å². The number of carboxylic acid groups (broad SMARTS) is 1. The van der Waals surface area contributed by atoms with E-state index in [1.165, 1.54) is 22.4 Å². The predicted molar refractivity (Wildman–Crippen MR) is 114 cm³/mol. The van der Waals surface area contributed by atoms with Gasteiger partial charge in [-0.15, -0.1) is 0 Å². The molecular weight excluding hydrogens is 370 g/mol. The molecule has 4 N–H and O–H groups in total. The van der Waals surface area contributed by atoms with Crippen molar-refractivity contribution in [3.8, 4) is 0 Å². The first-order valence-electron chi connectivity index (χ1n) is 10.4. The molecule has 0 radical (unpaired) electrons. The molecule has 0 unspecified atom stereocenters. The summed E-state index contributed by atoms with van der Waals surface area (Å²) in [5.41, 5.74) is 5.22. The van der Waals surface area contributed by atoms with Crippen molar-refractivity contribution in [3.05, 3.63) is 34.6 Å². The molecule has 1 aliphatic rings. The zero-order valence-corrected chi connectivity index (χ0v) is 17.9. The quantitative estimate of drug-likeness (QED) is 0.227. The van der Waals surface area contributed by atoms with Gasteiger partial charge in [-0.3, -0.25) is 14.4 Å². The minimum atomic E-state index is -0.985. The highest BCUT2D eigenvalue weighted by Crippen LogP contribution is 2.20. The fourth-order valence-corrected chi connectivity index (χ4v) is 3.02. The van der Waals surface area contributed by atoms with Gasteiger partial charge in [0.25, 0.3) is 0 Å². The maximum atomic E-state index is 11.8. The summed E-state index contributed by atoms with van der Waals surface area (Å²) >= 11 is 0. The average molecular weight is 406 g/mol. The molecule has 0 saturated carbocycles. The van der Waals surface area contributed by atoms with Crippen molar-refractivity contribution in [1.82, 2.24) is 16.0 Å². The first-order chi connectivity index (χ1) is 13.8. The lowest BCUT2D eigenvalue weighted by Crippen LogP contribution is -2.33. The Balaban J connectivity index is 2.41. The fourth-order valence-electron chi connectivity index (χ4n) is 3.02. The van der Waals surface area contributed by atoms with E-state index >= 15 is 0 Å². The molecule has 29 heavy (non-hydrogen) atoms. The SMILES string of the molecule is CC/C(C)=C(/C=C\C1=C(C)NCCC1)CCCNC(=O)CC(=O)NCCC(=O)O. The zero-order chi connectivity index (χ0) is 21.6. The van der Waals surface area contributed by atoms with E-state index in [-0.39, 0.29) is 25.3 Å². The van der Waals surface area contributed by atoms with E-state index in [1.54, 1.807) is 0 Å². The van der Waals surface area contributed by atoms with Gasteiger partial charge in [0, 0.05) is 25.3 Å². The normalized spacial score (nSPS) is 15.0. The Morgan fingerprint density at radius 2 is 1.83 bits per heavy atom. The summed E-state index contributed by atoms with van der Waals surface area (Å²) in [6, 6.07) is 0. The number of carboxylic acids is 1. The van der Waals surface area contributed by atoms with Gasteiger partial charge >= 0.3 is 5.97 Å². The van der Waals surface area contributed by atoms with E-state index in [0.29, 0.717) is 6.54 Å². The number of hydrogen-bond acceptors (Lipinski definition) is 4. The predicted octanol–water partition coefficient (Wildman–Crippen LogP) is 2.80. The molecule has 0 aromatic rings. The van der Waals surface area contributed by atoms with Crippen LogP contribution in [0.15, 0.2) is 34.6 Å². The number of carbonyl (C=O) groups excluding carboxylic acids is 2. The third-order valence-electron chi connectivity index (χ3n) is 4.99. The van der Waals surface area contributed by atoms with Crippen molar-refractivity contribution < 1.29 is 19.5 Å². The van der Waals surface area contributed by atoms with Crippen LogP contribution in [0.4, 0.5) is 0 Å². The van der Waals surface area contributed by atoms with E-state index in [9.17, 15) is 14.4 Å². The lowest BCUT2D eigenvalue weighted by Gasteiger charge is -2.17. The summed E-state index contributed by atoms with van der Waals surface area (Å²) in [6.07, 6.45) is 8.85. The van der Waals surface area contributed by atoms with E-state index in [0.717, 1.165) is 38.6 Å². The van der Waals surface area contributed by atoms with Crippen molar-refractivity contribution in [2.75, 3.05) is 19.6 Å². The van der Waals surface area contributed by atoms with E-state index < -0.39 is 11.9 Å². The van der Waals surface area contributed by atoms with E-state index in [2.05, 4.69) is 48.9 Å². The van der Waals surface area contributed by atoms with Gasteiger partial charge in [-0.2, -0.15) is 0 Å². The van der Waals surface area contributed by atoms with Gasteiger partial charge in [0.05, 0.1) is 6.42 Å². The fraction of sp³-hybridized carbons (Fsp3) is 0.591. The Hall–Kier alpha value is -2.57. The molecule has 1 aliphatic heterocycles. The maximum Gasteiger partial charge on any atom is 0.305 e. The third-order valence-corrected chi connectivity index (χ3v) is 4.99. The Morgan fingerprint density at radius 1 is 1.14 bits per heavy atom. The molecule has 0 aromatic carbocycles. The van der Waals surface area contributed by atoms with Crippen LogP contribution in [-0.2, 0) is 14.4 Å². The van der Waals surface area contributed by atoms with Crippen molar-refractivity contribution in [2.45, 2.75) is 65.7 Å². The summed E-state index contributed by atoms with van der Waals surface area (Å²) in [6.45, 7) is 7.96. The van der Waals surface area contributed by atoms with Crippen LogP contribution in [0.5, 0.6) is 0 Å². The van der Waals surface area contributed by atoms with Gasteiger partial charge in [-0.05, 0) is 57.1 Å². The highest BCUT2D eigenvalue weighted by Gasteiger charge is 2.10. The molecule has 7 nitrogen and oxygen atoms in total. The molecule has 2 amide bonds. The molecule has 0 atom stereocenters. The summed E-state index contributed by atoms with van der Waals surface area (Å²) in [4.78, 5) is 33.8. The largest absolute Gasteiger partial charge is 0.481 e. The molecule has 7 heteroatoms. The summed E-state index contributed by atoms with van der Waals surface area (Å²) in [5, 5.41) is 17.1. The van der Waals surface area contributed by atoms with Crippen LogP contribution in [0.3, 0.4) is 0 Å². The standard InChI is InChI=1S/C22H35N3O4/c1-4-16(2)18(9-10-19-8-6-12-23-17(19)3)7-5-13-24-20(26)15-21(27)25-14-11-22(28)29/h9-10,23H,4-8,11-15H2,1-3H3,(H,24,26)(H,25,27)(H,28,29)/b10-9-,18-16+. The van der Waals surface area contributed by atoms with Crippen molar-refractivity contribution >= 4 is 17.8 Å². The summed E-state index contributed by atoms with van der Waals surface area (Å²) in [7, 11) is 0. The third kappa shape index (κ3) is 10.5. The van der Waals surface area contributed by atoms with Gasteiger partial charge in [-0.25, -0.2) is 0 Å². The number of aliphatic carboxylic acids is 1. The smallest absolute Gasteiger partial charge is 0.305 e. The number of allylic oxidation sites excluding steroid dienone is 6. The Bertz CT molecular complexity index is 678. The Morgan fingerprint density at radius 3 is 2.45 bits per heavy atom. The minimum Gasteiger partial charge on any atom is -0.481 e. The number of carbonyl (C=O) groups is 3. The number of rotatable bonds is 12. The number of nitrogens with one attached hydrogen (secondary N) is 3. The van der Waals surface area contributed by atoms with Gasteiger partial charge in [0.1, 0.15) is 6.42 Å². The number of hydrogen-bond donors (Lipinski definition) is 4. The molecule has 0 bridgehead atoms. The van der Waals surface area contributed by atoms with E-state index in [1.807, 2.05) is 0 Å². The molecule has 0 saturated heterocycles. The molecule has 0 fully saturated rings. The maximum absolute atomic E-state index is 11.8. The molecule has 1 rings (SSSR count). The molecular formula is C22H35N3O4. The second kappa shape index (κ2) is 13.6. The van der Waals surface area contributed by atoms with Crippen LogP contribution in [0.25, 0.3) is 0 Å². The van der Waals surface area contributed by atoms with Crippen molar-refractivity contribution in [3.63, 3.8) is 0 Å². The molecule has 0 aromatic heterocycles. The average Bonchev–Trinajstić information content (AvgIpc) is 2.67. The van der Waals surface area contributed by atoms with Crippen LogP contribution in [-0.4, -0.2) is 42.5 Å². The Kier molecular flexibility index (Phi) is 11.5. The lowest BCUT2D eigenvalue weighted by atomic mass is 9.98. The summed E-state index contributed by atoms with van der Waals surface area (Å²) in [5.74, 6) is -1.79. The van der Waals surface area contributed by atoms with Crippen LogP contribution < -0.4 is 16.0 Å². The van der Waals surface area contributed by atoms with Gasteiger partial charge in [-0.1, -0.05) is 24.6 Å². The van der Waals surface area contributed by atoms with Gasteiger partial charge in [0.2, 0.25) is 11.8 Å². The van der Waals surface area contributed by atoms with Gasteiger partial charge in [0.15, 0.2) is 0 Å². The van der Waals surface area contributed by atoms with Gasteiger partial charge < -0.3 is 21.1 Å². The van der Waals surface area contributed by atoms with Crippen LogP contribution in [0.1, 0.15) is 65.7 Å². The van der Waals surface area contributed by atoms with Crippen molar-refractivity contribution in [1.29, 1.82) is 0 Å². The highest BCUT2D eigenvalue weighted by molar-refractivity contribution is 5.96. The molecule has 0 spiro atoms. The van der Waals surface area contributed by atoms with Crippen molar-refractivity contribution in [2.24, 2.45) is 0 Å². The highest BCUT2D eigenvalue weighted by atomic mass is 16.4. The van der Waals surface area contributed by atoms with Crippen LogP contribution in [0.2, 0.25) is 0 Å². The van der Waals surface area contributed by atoms with Crippen LogP contribution >= 0.6 is 0 Å². The second-order valence-electron chi connectivity index (χ2n) is 7.30. The molecule has 0 aliphatic carbocycles. The first-order valence-corrected chi connectivity index (χ1v) is 10.4. The van der Waals surface area contributed by atoms with Crippen LogP contribution in [0, 0.1) is 0 Å². The monoisotopic (exact) mass is 405 g/mol. The van der Waals surface area contributed by atoms with E-state index in [4.69, 9.17) is 5.11 Å². The first kappa shape index (κ1) is 24.5. The Labute approximate surface area is 173 Å². The summed E-state index contributed by atoms with van der Waals surface area (Å²) < 4.78 is 0.